The average Bonchev–Trinajstić information content (AvgIpc) is 2.95. The highest BCUT2D eigenvalue weighted by Gasteiger charge is 2.42. The minimum absolute atomic E-state index is 0.114. The second-order valence-corrected chi connectivity index (χ2v) is 5.54. The Bertz CT molecular complexity index is 510. The summed E-state index contributed by atoms with van der Waals surface area (Å²) in [5.74, 6) is -1.97. The van der Waals surface area contributed by atoms with Gasteiger partial charge in [0, 0.05) is 6.54 Å². The molecule has 1 aliphatic carbocycles. The van der Waals surface area contributed by atoms with Crippen LogP contribution in [0.25, 0.3) is 0 Å². The van der Waals surface area contributed by atoms with E-state index in [0.717, 1.165) is 25.0 Å². The van der Waals surface area contributed by atoms with Crippen LogP contribution in [-0.4, -0.2) is 29.8 Å². The Hall–Kier alpha value is -1.53. The van der Waals surface area contributed by atoms with Gasteiger partial charge in [0.2, 0.25) is 0 Å². The zero-order valence-corrected chi connectivity index (χ0v) is 12.6. The number of aliphatic hydroxyl groups is 1. The first-order valence-corrected chi connectivity index (χ1v) is 7.54. The highest BCUT2D eigenvalue weighted by Crippen LogP contribution is 2.31. The molecule has 0 bridgehead atoms. The lowest BCUT2D eigenvalue weighted by Crippen LogP contribution is -2.52. The van der Waals surface area contributed by atoms with E-state index in [1.165, 1.54) is 6.07 Å². The van der Waals surface area contributed by atoms with Crippen LogP contribution >= 0.6 is 0 Å². The number of hydrogen-bond donors (Lipinski definition) is 2. The first-order valence-electron chi connectivity index (χ1n) is 7.54. The van der Waals surface area contributed by atoms with Crippen LogP contribution in [0.5, 0.6) is 0 Å². The van der Waals surface area contributed by atoms with E-state index in [1.807, 2.05) is 0 Å². The Labute approximate surface area is 128 Å². The van der Waals surface area contributed by atoms with Crippen LogP contribution in [0.2, 0.25) is 0 Å². The summed E-state index contributed by atoms with van der Waals surface area (Å²) in [7, 11) is 0. The van der Waals surface area contributed by atoms with Gasteiger partial charge in [0.1, 0.15) is 17.2 Å². The summed E-state index contributed by atoms with van der Waals surface area (Å²) in [4.78, 5) is 12.1. The van der Waals surface area contributed by atoms with Gasteiger partial charge in [-0.15, -0.1) is 0 Å². The van der Waals surface area contributed by atoms with Crippen LogP contribution in [0.3, 0.4) is 0 Å². The molecule has 0 amide bonds. The van der Waals surface area contributed by atoms with Gasteiger partial charge < -0.3 is 9.84 Å². The molecule has 22 heavy (non-hydrogen) atoms. The molecule has 1 fully saturated rings. The summed E-state index contributed by atoms with van der Waals surface area (Å²) >= 11 is 0. The molecule has 0 aliphatic heterocycles. The quantitative estimate of drug-likeness (QED) is 0.792. The fourth-order valence-electron chi connectivity index (χ4n) is 2.92. The summed E-state index contributed by atoms with van der Waals surface area (Å²) < 4.78 is 32.4. The minimum atomic E-state index is -1.37. The monoisotopic (exact) mass is 313 g/mol. The van der Waals surface area contributed by atoms with E-state index in [9.17, 15) is 18.7 Å². The van der Waals surface area contributed by atoms with Crippen LogP contribution < -0.4 is 5.32 Å². The van der Waals surface area contributed by atoms with Crippen LogP contribution in [0.1, 0.15) is 44.3 Å². The molecule has 1 aromatic rings. The van der Waals surface area contributed by atoms with Crippen molar-refractivity contribution in [3.05, 3.63) is 35.4 Å². The number of rotatable bonds is 6. The van der Waals surface area contributed by atoms with Crippen molar-refractivity contribution in [2.75, 3.05) is 13.2 Å². The molecule has 122 valence electrons. The maximum absolute atomic E-state index is 13.7. The number of carbonyl (C=O) groups is 1. The molecule has 0 aromatic heterocycles. The van der Waals surface area contributed by atoms with Crippen molar-refractivity contribution in [2.45, 2.75) is 44.2 Å². The normalized spacial score (nSPS) is 18.2. The van der Waals surface area contributed by atoms with Crippen molar-refractivity contribution in [3.63, 3.8) is 0 Å². The van der Waals surface area contributed by atoms with Crippen molar-refractivity contribution in [1.29, 1.82) is 0 Å². The van der Waals surface area contributed by atoms with Crippen LogP contribution in [0, 0.1) is 11.6 Å². The lowest BCUT2D eigenvalue weighted by atomic mass is 9.96. The summed E-state index contributed by atoms with van der Waals surface area (Å²) in [5.41, 5.74) is -1.24. The Kier molecular flexibility index (Phi) is 5.47. The number of esters is 1. The molecular formula is C16H21F2NO3. The van der Waals surface area contributed by atoms with Gasteiger partial charge in [-0.25, -0.2) is 8.78 Å². The van der Waals surface area contributed by atoms with Crippen molar-refractivity contribution >= 4 is 5.97 Å². The number of halogens is 2. The molecule has 1 saturated carbocycles. The molecule has 1 atom stereocenters. The van der Waals surface area contributed by atoms with Crippen molar-refractivity contribution in [3.8, 4) is 0 Å². The first kappa shape index (κ1) is 16.8. The summed E-state index contributed by atoms with van der Waals surface area (Å²) in [6.07, 6.45) is 1.57. The van der Waals surface area contributed by atoms with Crippen molar-refractivity contribution in [2.24, 2.45) is 0 Å². The summed E-state index contributed by atoms with van der Waals surface area (Å²) in [5, 5.41) is 13.0. The molecule has 1 aromatic carbocycles. The van der Waals surface area contributed by atoms with Gasteiger partial charge >= 0.3 is 5.97 Å². The standard InChI is InChI=1S/C16H21F2NO3/c1-2-22-15(21)16(8-3-4-9-16)19-10-13(20)14-11(17)6-5-7-12(14)18/h5-7,13,19-20H,2-4,8-10H2,1H3. The Morgan fingerprint density at radius 1 is 1.36 bits per heavy atom. The Morgan fingerprint density at radius 2 is 1.95 bits per heavy atom. The Morgan fingerprint density at radius 3 is 2.50 bits per heavy atom. The van der Waals surface area contributed by atoms with E-state index in [4.69, 9.17) is 4.74 Å². The molecular weight excluding hydrogens is 292 g/mol. The zero-order chi connectivity index (χ0) is 16.2. The predicted molar refractivity (Wildman–Crippen MR) is 77.2 cm³/mol. The number of aliphatic hydroxyl groups excluding tert-OH is 1. The molecule has 1 aliphatic rings. The van der Waals surface area contributed by atoms with Crippen LogP contribution in [0.4, 0.5) is 8.78 Å². The minimum Gasteiger partial charge on any atom is -0.465 e. The third-order valence-electron chi connectivity index (χ3n) is 4.09. The molecule has 6 heteroatoms. The van der Waals surface area contributed by atoms with Gasteiger partial charge in [-0.2, -0.15) is 0 Å². The highest BCUT2D eigenvalue weighted by molar-refractivity contribution is 5.81. The number of nitrogens with one attached hydrogen (secondary N) is 1. The van der Waals surface area contributed by atoms with Gasteiger partial charge in [0.25, 0.3) is 0 Å². The molecule has 1 unspecified atom stereocenters. The zero-order valence-electron chi connectivity index (χ0n) is 12.6. The van der Waals surface area contributed by atoms with Gasteiger partial charge in [0.15, 0.2) is 0 Å². The van der Waals surface area contributed by atoms with Gasteiger partial charge in [-0.3, -0.25) is 10.1 Å². The van der Waals surface area contributed by atoms with E-state index >= 15 is 0 Å². The molecule has 2 N–H and O–H groups in total. The average molecular weight is 313 g/mol. The third kappa shape index (κ3) is 3.44. The third-order valence-corrected chi connectivity index (χ3v) is 4.09. The summed E-state index contributed by atoms with van der Waals surface area (Å²) in [6.45, 7) is 1.88. The number of benzene rings is 1. The fourth-order valence-corrected chi connectivity index (χ4v) is 2.92. The molecule has 2 rings (SSSR count). The smallest absolute Gasteiger partial charge is 0.326 e. The van der Waals surface area contributed by atoms with E-state index in [-0.39, 0.29) is 24.7 Å². The summed E-state index contributed by atoms with van der Waals surface area (Å²) in [6, 6.07) is 3.43. The number of hydrogen-bond acceptors (Lipinski definition) is 4. The maximum Gasteiger partial charge on any atom is 0.326 e. The van der Waals surface area contributed by atoms with Gasteiger partial charge in [-0.05, 0) is 31.9 Å². The molecule has 0 heterocycles. The van der Waals surface area contributed by atoms with E-state index < -0.39 is 23.3 Å². The number of ether oxygens (including phenoxy) is 1. The predicted octanol–water partition coefficient (Wildman–Crippen LogP) is 2.46. The van der Waals surface area contributed by atoms with E-state index in [1.54, 1.807) is 6.92 Å². The van der Waals surface area contributed by atoms with E-state index in [2.05, 4.69) is 5.32 Å². The fraction of sp³-hybridized carbons (Fsp3) is 0.562. The van der Waals surface area contributed by atoms with Crippen LogP contribution in [0.15, 0.2) is 18.2 Å². The first-order chi connectivity index (χ1) is 10.5. The largest absolute Gasteiger partial charge is 0.465 e. The highest BCUT2D eigenvalue weighted by atomic mass is 19.1. The topological polar surface area (TPSA) is 58.6 Å². The van der Waals surface area contributed by atoms with E-state index in [0.29, 0.717) is 12.8 Å². The van der Waals surface area contributed by atoms with Crippen molar-refractivity contribution < 1.29 is 23.4 Å². The lowest BCUT2D eigenvalue weighted by Gasteiger charge is -2.29. The molecule has 0 saturated heterocycles. The Balaban J connectivity index is 2.08. The van der Waals surface area contributed by atoms with Crippen molar-refractivity contribution in [1.82, 2.24) is 5.32 Å². The van der Waals surface area contributed by atoms with Gasteiger partial charge in [0.05, 0.1) is 18.3 Å². The lowest BCUT2D eigenvalue weighted by molar-refractivity contribution is -0.151. The number of β-amino-alcohol motifs (C(OH)–C–C–N with tert-alkyl or cyclic N) is 1. The molecule has 4 nitrogen and oxygen atoms in total. The maximum atomic E-state index is 13.7. The molecule has 0 spiro atoms. The van der Waals surface area contributed by atoms with Gasteiger partial charge in [-0.1, -0.05) is 18.9 Å². The SMILES string of the molecule is CCOC(=O)C1(NCC(O)c2c(F)cccc2F)CCCC1. The second-order valence-electron chi connectivity index (χ2n) is 5.54. The molecule has 0 radical (unpaired) electrons. The van der Waals surface area contributed by atoms with Crippen LogP contribution in [-0.2, 0) is 9.53 Å². The second kappa shape index (κ2) is 7.15. The number of carbonyl (C=O) groups excluding carboxylic acids is 1.